The molecule has 0 atom stereocenters. The van der Waals surface area contributed by atoms with Crippen molar-refractivity contribution >= 4 is 11.8 Å². The van der Waals surface area contributed by atoms with Crippen molar-refractivity contribution in [2.45, 2.75) is 20.0 Å². The maximum Gasteiger partial charge on any atom is 0.387 e. The molecule has 1 rings (SSSR count). The lowest BCUT2D eigenvalue weighted by molar-refractivity contribution is -0.141. The summed E-state index contributed by atoms with van der Waals surface area (Å²) in [6.45, 7) is -1.07. The number of benzene rings is 1. The molecule has 0 aliphatic rings. The van der Waals surface area contributed by atoms with Gasteiger partial charge in [-0.2, -0.15) is 8.78 Å². The van der Waals surface area contributed by atoms with Crippen LogP contribution in [0.1, 0.15) is 23.7 Å². The van der Waals surface area contributed by atoms with Crippen molar-refractivity contribution in [1.29, 1.82) is 0 Å². The lowest BCUT2D eigenvalue weighted by atomic mass is 10.1. The number of hydrogen-bond acceptors (Lipinski definition) is 4. The van der Waals surface area contributed by atoms with Crippen molar-refractivity contribution in [3.05, 3.63) is 29.8 Å². The summed E-state index contributed by atoms with van der Waals surface area (Å²) in [6, 6.07) is 5.12. The summed E-state index contributed by atoms with van der Waals surface area (Å²) in [4.78, 5) is 22.6. The molecule has 0 aromatic heterocycles. The third-order valence-electron chi connectivity index (χ3n) is 2.01. The van der Waals surface area contributed by atoms with E-state index < -0.39 is 18.4 Å². The molecule has 1 aromatic carbocycles. The van der Waals surface area contributed by atoms with E-state index in [0.29, 0.717) is 0 Å². The molecule has 0 saturated carbocycles. The van der Waals surface area contributed by atoms with Gasteiger partial charge in [0.1, 0.15) is 12.2 Å². The first-order valence-electron chi connectivity index (χ1n) is 5.26. The molecule has 1 aromatic rings. The molecule has 0 bridgehead atoms. The summed E-state index contributed by atoms with van der Waals surface area (Å²) in [5.74, 6) is -1.09. The van der Waals surface area contributed by atoms with Gasteiger partial charge < -0.3 is 9.47 Å². The van der Waals surface area contributed by atoms with Crippen LogP contribution in [0.2, 0.25) is 0 Å². The Kier molecular flexibility index (Phi) is 5.23. The van der Waals surface area contributed by atoms with Gasteiger partial charge in [-0.25, -0.2) is 0 Å². The average molecular weight is 258 g/mol. The summed E-state index contributed by atoms with van der Waals surface area (Å²) in [7, 11) is 0. The second-order valence-corrected chi connectivity index (χ2v) is 3.31. The molecular weight excluding hydrogens is 246 g/mol. The number of carbonyl (C=O) groups is 2. The van der Waals surface area contributed by atoms with Crippen LogP contribution in [0, 0.1) is 0 Å². The van der Waals surface area contributed by atoms with Crippen molar-refractivity contribution in [2.75, 3.05) is 6.61 Å². The maximum absolute atomic E-state index is 11.9. The number of alkyl halides is 2. The van der Waals surface area contributed by atoms with Gasteiger partial charge in [0.05, 0.1) is 6.61 Å². The molecule has 18 heavy (non-hydrogen) atoms. The topological polar surface area (TPSA) is 52.6 Å². The fourth-order valence-electron chi connectivity index (χ4n) is 1.27. The Hall–Kier alpha value is -1.98. The SMILES string of the molecule is CCOC(=O)CC(=O)c1ccc(OC(F)F)cc1. The molecule has 0 radical (unpaired) electrons. The van der Waals surface area contributed by atoms with Gasteiger partial charge in [0.25, 0.3) is 0 Å². The minimum Gasteiger partial charge on any atom is -0.466 e. The van der Waals surface area contributed by atoms with Crippen LogP contribution in [-0.4, -0.2) is 25.0 Å². The lowest BCUT2D eigenvalue weighted by Crippen LogP contribution is -2.11. The summed E-state index contributed by atoms with van der Waals surface area (Å²) < 4.78 is 32.5. The monoisotopic (exact) mass is 258 g/mol. The molecule has 0 N–H and O–H groups in total. The summed E-state index contributed by atoms with van der Waals surface area (Å²) in [5.41, 5.74) is 0.240. The third-order valence-corrected chi connectivity index (χ3v) is 2.01. The molecule has 0 spiro atoms. The summed E-state index contributed by atoms with van der Waals surface area (Å²) in [6.07, 6.45) is -0.372. The van der Waals surface area contributed by atoms with Crippen molar-refractivity contribution in [1.82, 2.24) is 0 Å². The molecule has 4 nitrogen and oxygen atoms in total. The van der Waals surface area contributed by atoms with E-state index in [1.807, 2.05) is 0 Å². The quantitative estimate of drug-likeness (QED) is 0.446. The normalized spacial score (nSPS) is 10.2. The lowest BCUT2D eigenvalue weighted by Gasteiger charge is -2.05. The maximum atomic E-state index is 11.9. The van der Waals surface area contributed by atoms with Crippen LogP contribution in [-0.2, 0) is 9.53 Å². The smallest absolute Gasteiger partial charge is 0.387 e. The van der Waals surface area contributed by atoms with Gasteiger partial charge in [-0.1, -0.05) is 0 Å². The number of ketones is 1. The fourth-order valence-corrected chi connectivity index (χ4v) is 1.27. The van der Waals surface area contributed by atoms with Gasteiger partial charge in [0.15, 0.2) is 5.78 Å². The van der Waals surface area contributed by atoms with Crippen LogP contribution >= 0.6 is 0 Å². The molecule has 0 aliphatic heterocycles. The largest absolute Gasteiger partial charge is 0.466 e. The van der Waals surface area contributed by atoms with E-state index in [1.165, 1.54) is 24.3 Å². The zero-order valence-electron chi connectivity index (χ0n) is 9.69. The third kappa shape index (κ3) is 4.48. The van der Waals surface area contributed by atoms with E-state index in [0.717, 1.165) is 0 Å². The molecular formula is C12H12F2O4. The van der Waals surface area contributed by atoms with Crippen LogP contribution in [0.25, 0.3) is 0 Å². The number of carbonyl (C=O) groups excluding carboxylic acids is 2. The second-order valence-electron chi connectivity index (χ2n) is 3.31. The molecule has 98 valence electrons. The zero-order chi connectivity index (χ0) is 13.5. The molecule has 0 heterocycles. The second kappa shape index (κ2) is 6.68. The molecule has 0 unspecified atom stereocenters. The number of rotatable bonds is 6. The van der Waals surface area contributed by atoms with E-state index in [1.54, 1.807) is 6.92 Å². The zero-order valence-corrected chi connectivity index (χ0v) is 9.69. The van der Waals surface area contributed by atoms with Crippen molar-refractivity contribution < 1.29 is 27.8 Å². The molecule has 0 saturated heterocycles. The first kappa shape index (κ1) is 14.1. The van der Waals surface area contributed by atoms with Crippen LogP contribution in [0.5, 0.6) is 5.75 Å². The molecule has 0 aliphatic carbocycles. The van der Waals surface area contributed by atoms with Crippen molar-refractivity contribution in [2.24, 2.45) is 0 Å². The molecule has 0 fully saturated rings. The van der Waals surface area contributed by atoms with Crippen LogP contribution in [0.3, 0.4) is 0 Å². The van der Waals surface area contributed by atoms with Gasteiger partial charge >= 0.3 is 12.6 Å². The molecule has 0 amide bonds. The highest BCUT2D eigenvalue weighted by molar-refractivity contribution is 6.05. The number of esters is 1. The van der Waals surface area contributed by atoms with Gasteiger partial charge in [0, 0.05) is 5.56 Å². The van der Waals surface area contributed by atoms with Gasteiger partial charge in [0.2, 0.25) is 0 Å². The summed E-state index contributed by atoms with van der Waals surface area (Å²) >= 11 is 0. The first-order chi connectivity index (χ1) is 8.52. The predicted molar refractivity (Wildman–Crippen MR) is 58.7 cm³/mol. The Bertz CT molecular complexity index is 415. The number of ether oxygens (including phenoxy) is 2. The average Bonchev–Trinajstić information content (AvgIpc) is 2.29. The van der Waals surface area contributed by atoms with Crippen LogP contribution in [0.4, 0.5) is 8.78 Å². The number of hydrogen-bond donors (Lipinski definition) is 0. The van der Waals surface area contributed by atoms with Crippen molar-refractivity contribution in [3.8, 4) is 5.75 Å². The van der Waals surface area contributed by atoms with E-state index in [2.05, 4.69) is 9.47 Å². The van der Waals surface area contributed by atoms with Gasteiger partial charge in [-0.05, 0) is 31.2 Å². The van der Waals surface area contributed by atoms with Crippen LogP contribution < -0.4 is 4.74 Å². The molecule has 6 heteroatoms. The Morgan fingerprint density at radius 1 is 1.22 bits per heavy atom. The van der Waals surface area contributed by atoms with Crippen LogP contribution in [0.15, 0.2) is 24.3 Å². The van der Waals surface area contributed by atoms with Gasteiger partial charge in [-0.15, -0.1) is 0 Å². The Morgan fingerprint density at radius 2 is 1.83 bits per heavy atom. The number of halogens is 2. The highest BCUT2D eigenvalue weighted by Crippen LogP contribution is 2.15. The van der Waals surface area contributed by atoms with E-state index in [9.17, 15) is 18.4 Å². The Balaban J connectivity index is 2.61. The minimum atomic E-state index is -2.91. The first-order valence-corrected chi connectivity index (χ1v) is 5.26. The number of Topliss-reactive ketones (excluding diaryl/α,β-unsaturated/α-hetero) is 1. The van der Waals surface area contributed by atoms with E-state index >= 15 is 0 Å². The minimum absolute atomic E-state index is 0.0438. The Morgan fingerprint density at radius 3 is 2.33 bits per heavy atom. The fraction of sp³-hybridized carbons (Fsp3) is 0.333. The highest BCUT2D eigenvalue weighted by atomic mass is 19.3. The van der Waals surface area contributed by atoms with E-state index in [4.69, 9.17) is 0 Å². The van der Waals surface area contributed by atoms with Gasteiger partial charge in [-0.3, -0.25) is 9.59 Å². The van der Waals surface area contributed by atoms with E-state index in [-0.39, 0.29) is 24.3 Å². The predicted octanol–water partition coefficient (Wildman–Crippen LogP) is 2.42. The Labute approximate surface area is 103 Å². The standard InChI is InChI=1S/C12H12F2O4/c1-2-17-11(16)7-10(15)8-3-5-9(6-4-8)18-12(13)14/h3-6,12H,2,7H2,1H3. The van der Waals surface area contributed by atoms with Crippen molar-refractivity contribution in [3.63, 3.8) is 0 Å². The summed E-state index contributed by atoms with van der Waals surface area (Å²) in [5, 5.41) is 0. The highest BCUT2D eigenvalue weighted by Gasteiger charge is 2.13.